The van der Waals surface area contributed by atoms with Gasteiger partial charge in [0, 0.05) is 19.5 Å². The summed E-state index contributed by atoms with van der Waals surface area (Å²) in [6.07, 6.45) is 3.46. The zero-order valence-corrected chi connectivity index (χ0v) is 15.6. The number of hydrogen-bond acceptors (Lipinski definition) is 6. The van der Waals surface area contributed by atoms with E-state index in [1.54, 1.807) is 0 Å². The molecule has 1 atom stereocenters. The van der Waals surface area contributed by atoms with Crippen LogP contribution in [0.1, 0.15) is 48.9 Å². The van der Waals surface area contributed by atoms with Gasteiger partial charge in [-0.3, -0.25) is 4.79 Å². The fraction of sp³-hybridized carbons (Fsp3) is 0.556. The molecule has 0 bridgehead atoms. The molecule has 2 fully saturated rings. The average Bonchev–Trinajstić information content (AvgIpc) is 3.18. The van der Waals surface area contributed by atoms with Crippen LogP contribution in [-0.4, -0.2) is 50.8 Å². The molecule has 3 rings (SSSR count). The number of nitrogens with zero attached hydrogens (tertiary/aromatic N) is 1. The Bertz CT molecular complexity index is 798. The smallest absolute Gasteiger partial charge is 0.338 e. The van der Waals surface area contributed by atoms with Crippen molar-refractivity contribution in [2.75, 3.05) is 20.2 Å². The maximum absolute atomic E-state index is 12.9. The van der Waals surface area contributed by atoms with Crippen molar-refractivity contribution in [3.63, 3.8) is 0 Å². The second-order valence-electron chi connectivity index (χ2n) is 6.58. The number of carbonyl (C=O) groups excluding carboxylic acids is 2. The van der Waals surface area contributed by atoms with Crippen LogP contribution < -0.4 is 4.74 Å². The van der Waals surface area contributed by atoms with E-state index in [-0.39, 0.29) is 22.0 Å². The summed E-state index contributed by atoms with van der Waals surface area (Å²) in [5.74, 6) is -0.587. The number of esters is 1. The molecule has 1 aliphatic heterocycles. The SMILES string of the molecule is COc1ccc(C(=O)OC2CCCCC2=O)cc1S(=O)(=O)N1CCCC1. The molecule has 0 spiro atoms. The number of carbonyl (C=O) groups is 2. The van der Waals surface area contributed by atoms with Crippen LogP contribution in [0.3, 0.4) is 0 Å². The van der Waals surface area contributed by atoms with E-state index in [1.165, 1.54) is 29.6 Å². The van der Waals surface area contributed by atoms with Crippen LogP contribution in [0.25, 0.3) is 0 Å². The van der Waals surface area contributed by atoms with Crippen LogP contribution in [0, 0.1) is 0 Å². The minimum atomic E-state index is -3.75. The standard InChI is InChI=1S/C18H23NO6S/c1-24-16-9-8-13(18(21)25-15-7-3-2-6-14(15)20)12-17(16)26(22,23)19-10-4-5-11-19/h8-9,12,15H,2-7,10-11H2,1H3. The van der Waals surface area contributed by atoms with Crippen LogP contribution in [0.4, 0.5) is 0 Å². The Balaban J connectivity index is 1.87. The molecule has 1 saturated heterocycles. The van der Waals surface area contributed by atoms with E-state index in [2.05, 4.69) is 0 Å². The fourth-order valence-electron chi connectivity index (χ4n) is 3.35. The zero-order valence-electron chi connectivity index (χ0n) is 14.8. The summed E-state index contributed by atoms with van der Waals surface area (Å²) in [5.41, 5.74) is 0.0990. The first-order valence-electron chi connectivity index (χ1n) is 8.85. The molecule has 26 heavy (non-hydrogen) atoms. The van der Waals surface area contributed by atoms with Gasteiger partial charge in [-0.05, 0) is 50.3 Å². The summed E-state index contributed by atoms with van der Waals surface area (Å²) in [7, 11) is -2.36. The Hall–Kier alpha value is -1.93. The zero-order chi connectivity index (χ0) is 18.7. The van der Waals surface area contributed by atoms with Crippen molar-refractivity contribution in [1.29, 1.82) is 0 Å². The Morgan fingerprint density at radius 2 is 1.88 bits per heavy atom. The Morgan fingerprint density at radius 1 is 1.15 bits per heavy atom. The fourth-order valence-corrected chi connectivity index (χ4v) is 5.04. The van der Waals surface area contributed by atoms with E-state index >= 15 is 0 Å². The highest BCUT2D eigenvalue weighted by Crippen LogP contribution is 2.30. The lowest BCUT2D eigenvalue weighted by atomic mass is 9.96. The summed E-state index contributed by atoms with van der Waals surface area (Å²) in [6.45, 7) is 0.910. The van der Waals surface area contributed by atoms with Gasteiger partial charge in [-0.2, -0.15) is 4.31 Å². The highest BCUT2D eigenvalue weighted by atomic mass is 32.2. The van der Waals surface area contributed by atoms with Crippen molar-refractivity contribution in [2.45, 2.75) is 49.5 Å². The lowest BCUT2D eigenvalue weighted by Crippen LogP contribution is -2.30. The first-order chi connectivity index (χ1) is 12.4. The number of hydrogen-bond donors (Lipinski definition) is 0. The molecule has 0 radical (unpaired) electrons. The van der Waals surface area contributed by atoms with E-state index in [0.29, 0.717) is 25.9 Å². The number of methoxy groups -OCH3 is 1. The van der Waals surface area contributed by atoms with Gasteiger partial charge in [0.05, 0.1) is 12.7 Å². The maximum Gasteiger partial charge on any atom is 0.338 e. The molecule has 1 saturated carbocycles. The van der Waals surface area contributed by atoms with Gasteiger partial charge in [0.2, 0.25) is 10.0 Å². The van der Waals surface area contributed by atoms with Gasteiger partial charge in [-0.15, -0.1) is 0 Å². The van der Waals surface area contributed by atoms with Crippen LogP contribution in [0.5, 0.6) is 5.75 Å². The van der Waals surface area contributed by atoms with Gasteiger partial charge in [0.15, 0.2) is 11.9 Å². The van der Waals surface area contributed by atoms with Crippen molar-refractivity contribution in [3.05, 3.63) is 23.8 Å². The molecule has 8 heteroatoms. The summed E-state index contributed by atoms with van der Waals surface area (Å²) in [5, 5.41) is 0. The number of sulfonamides is 1. The predicted molar refractivity (Wildman–Crippen MR) is 93.7 cm³/mol. The predicted octanol–water partition coefficient (Wildman–Crippen LogP) is 2.15. The summed E-state index contributed by atoms with van der Waals surface area (Å²) in [4.78, 5) is 24.2. The van der Waals surface area contributed by atoms with Gasteiger partial charge < -0.3 is 9.47 Å². The quantitative estimate of drug-likeness (QED) is 0.726. The third-order valence-corrected chi connectivity index (χ3v) is 6.75. The van der Waals surface area contributed by atoms with Gasteiger partial charge in [0.25, 0.3) is 0 Å². The molecule has 1 aromatic rings. The van der Waals surface area contributed by atoms with Crippen molar-refractivity contribution >= 4 is 21.8 Å². The number of ether oxygens (including phenoxy) is 2. The molecule has 1 unspecified atom stereocenters. The van der Waals surface area contributed by atoms with Gasteiger partial charge in [-0.25, -0.2) is 13.2 Å². The molecule has 7 nitrogen and oxygen atoms in total. The van der Waals surface area contributed by atoms with E-state index < -0.39 is 22.1 Å². The molecule has 0 amide bonds. The molecular formula is C18H23NO6S. The average molecular weight is 381 g/mol. The first kappa shape index (κ1) is 18.8. The second-order valence-corrected chi connectivity index (χ2v) is 8.49. The third kappa shape index (κ3) is 3.76. The van der Waals surface area contributed by atoms with Crippen molar-refractivity contribution in [3.8, 4) is 5.75 Å². The van der Waals surface area contributed by atoms with E-state index in [1.807, 2.05) is 0 Å². The number of ketones is 1. The summed E-state index contributed by atoms with van der Waals surface area (Å²) in [6, 6.07) is 4.18. The van der Waals surface area contributed by atoms with Crippen molar-refractivity contribution in [2.24, 2.45) is 0 Å². The highest BCUT2D eigenvalue weighted by Gasteiger charge is 2.32. The lowest BCUT2D eigenvalue weighted by molar-refractivity contribution is -0.129. The third-order valence-electron chi connectivity index (χ3n) is 4.83. The molecule has 1 aromatic carbocycles. The van der Waals surface area contributed by atoms with Crippen LogP contribution in [0.15, 0.2) is 23.1 Å². The molecule has 142 valence electrons. The van der Waals surface area contributed by atoms with E-state index in [9.17, 15) is 18.0 Å². The Morgan fingerprint density at radius 3 is 2.54 bits per heavy atom. The van der Waals surface area contributed by atoms with Gasteiger partial charge in [-0.1, -0.05) is 0 Å². The summed E-state index contributed by atoms with van der Waals surface area (Å²) >= 11 is 0. The van der Waals surface area contributed by atoms with Crippen LogP contribution in [0.2, 0.25) is 0 Å². The summed E-state index contributed by atoms with van der Waals surface area (Å²) < 4.78 is 37.6. The molecule has 0 aromatic heterocycles. The topological polar surface area (TPSA) is 90.0 Å². The van der Waals surface area contributed by atoms with Crippen LogP contribution in [-0.2, 0) is 19.6 Å². The Labute approximate surface area is 153 Å². The second kappa shape index (κ2) is 7.75. The number of rotatable bonds is 5. The number of benzene rings is 1. The van der Waals surface area contributed by atoms with E-state index in [0.717, 1.165) is 25.7 Å². The highest BCUT2D eigenvalue weighted by molar-refractivity contribution is 7.89. The maximum atomic E-state index is 12.9. The van der Waals surface area contributed by atoms with Gasteiger partial charge in [0.1, 0.15) is 10.6 Å². The van der Waals surface area contributed by atoms with Crippen LogP contribution >= 0.6 is 0 Å². The minimum absolute atomic E-state index is 0.0497. The molecular weight excluding hydrogens is 358 g/mol. The minimum Gasteiger partial charge on any atom is -0.495 e. The van der Waals surface area contributed by atoms with Crippen molar-refractivity contribution in [1.82, 2.24) is 4.31 Å². The Kier molecular flexibility index (Phi) is 5.62. The molecule has 0 N–H and O–H groups in total. The molecule has 1 aliphatic carbocycles. The monoisotopic (exact) mass is 381 g/mol. The van der Waals surface area contributed by atoms with Crippen molar-refractivity contribution < 1.29 is 27.5 Å². The van der Waals surface area contributed by atoms with Gasteiger partial charge >= 0.3 is 5.97 Å². The number of Topliss-reactive ketones (excluding diaryl/α,β-unsaturated/α-hetero) is 1. The molecule has 2 aliphatic rings. The largest absolute Gasteiger partial charge is 0.495 e. The van der Waals surface area contributed by atoms with E-state index in [4.69, 9.17) is 9.47 Å². The normalized spacial score (nSPS) is 21.6. The molecule has 1 heterocycles. The lowest BCUT2D eigenvalue weighted by Gasteiger charge is -2.21. The first-order valence-corrected chi connectivity index (χ1v) is 10.3.